The van der Waals surface area contributed by atoms with Gasteiger partial charge in [0.15, 0.2) is 0 Å². The largest absolute Gasteiger partial charge is 0.444 e. The molecule has 1 aromatic heterocycles. The first-order valence-corrected chi connectivity index (χ1v) is 7.85. The Kier molecular flexibility index (Phi) is 4.80. The van der Waals surface area contributed by atoms with Gasteiger partial charge in [0.25, 0.3) is 0 Å². The molecule has 2 atom stereocenters. The van der Waals surface area contributed by atoms with Crippen molar-refractivity contribution in [3.05, 3.63) is 18.2 Å². The van der Waals surface area contributed by atoms with Crippen LogP contribution in [0.15, 0.2) is 12.5 Å². The van der Waals surface area contributed by atoms with Crippen molar-refractivity contribution in [2.24, 2.45) is 0 Å². The molecule has 124 valence electrons. The second-order valence-corrected chi connectivity index (χ2v) is 7.10. The van der Waals surface area contributed by atoms with Gasteiger partial charge in [-0.3, -0.25) is 0 Å². The van der Waals surface area contributed by atoms with Gasteiger partial charge in [-0.15, -0.1) is 0 Å². The Labute approximate surface area is 132 Å². The zero-order valence-electron chi connectivity index (χ0n) is 14.2. The van der Waals surface area contributed by atoms with Gasteiger partial charge in [-0.25, -0.2) is 9.78 Å². The van der Waals surface area contributed by atoms with Crippen molar-refractivity contribution in [2.45, 2.75) is 64.6 Å². The molecular formula is C16H27N3O3. The lowest BCUT2D eigenvalue weighted by atomic mass is 10.00. The summed E-state index contributed by atoms with van der Waals surface area (Å²) >= 11 is 0. The topological polar surface area (TPSA) is 65.4 Å². The normalized spacial score (nSPS) is 23.3. The number of hydrogen-bond acceptors (Lipinski definition) is 4. The van der Waals surface area contributed by atoms with Gasteiger partial charge in [0.05, 0.1) is 36.4 Å². The van der Waals surface area contributed by atoms with Crippen LogP contribution in [0.1, 0.15) is 59.2 Å². The van der Waals surface area contributed by atoms with Crippen molar-refractivity contribution in [1.29, 1.82) is 0 Å². The third-order valence-electron chi connectivity index (χ3n) is 3.90. The van der Waals surface area contributed by atoms with Gasteiger partial charge >= 0.3 is 6.09 Å². The molecule has 1 N–H and O–H groups in total. The first-order chi connectivity index (χ1) is 10.2. The molecule has 0 radical (unpaired) electrons. The number of carbonyl (C=O) groups excluding carboxylic acids is 1. The summed E-state index contributed by atoms with van der Waals surface area (Å²) in [6.07, 6.45) is 4.94. The molecule has 6 heteroatoms. The summed E-state index contributed by atoms with van der Waals surface area (Å²) < 4.78 is 13.0. The molecule has 1 aliphatic rings. The predicted octanol–water partition coefficient (Wildman–Crippen LogP) is 2.99. The molecule has 1 aromatic rings. The minimum atomic E-state index is -0.506. The average molecular weight is 309 g/mol. The number of imidazole rings is 1. The Bertz CT molecular complexity index is 513. The Morgan fingerprint density at radius 2 is 2.32 bits per heavy atom. The highest BCUT2D eigenvalue weighted by Crippen LogP contribution is 2.31. The third-order valence-corrected chi connectivity index (χ3v) is 3.90. The van der Waals surface area contributed by atoms with E-state index in [9.17, 15) is 4.79 Å². The van der Waals surface area contributed by atoms with Crippen molar-refractivity contribution in [3.63, 3.8) is 0 Å². The van der Waals surface area contributed by atoms with Gasteiger partial charge in [-0.1, -0.05) is 6.92 Å². The van der Waals surface area contributed by atoms with E-state index in [-0.39, 0.29) is 11.6 Å². The van der Waals surface area contributed by atoms with Gasteiger partial charge in [-0.2, -0.15) is 0 Å². The molecule has 22 heavy (non-hydrogen) atoms. The standard InChI is InChI=1S/C16H27N3O3/c1-6-12(18-14(20)22-15(2,3)4)13-9-17-11-19(13)16(5)7-8-21-10-16/h9,11-12H,6-8,10H2,1-5H3,(H,18,20)/t12-,16?/m1/s1. The second kappa shape index (κ2) is 6.28. The monoisotopic (exact) mass is 309 g/mol. The van der Waals surface area contributed by atoms with Crippen LogP contribution in [0, 0.1) is 0 Å². The molecule has 1 amide bonds. The maximum atomic E-state index is 12.0. The zero-order valence-corrected chi connectivity index (χ0v) is 14.2. The van der Waals surface area contributed by atoms with E-state index in [1.54, 1.807) is 0 Å². The maximum absolute atomic E-state index is 12.0. The summed E-state index contributed by atoms with van der Waals surface area (Å²) in [5, 5.41) is 2.94. The molecule has 2 heterocycles. The van der Waals surface area contributed by atoms with Crippen molar-refractivity contribution in [2.75, 3.05) is 13.2 Å². The second-order valence-electron chi connectivity index (χ2n) is 7.10. The first kappa shape index (κ1) is 16.8. The third kappa shape index (κ3) is 3.80. The fourth-order valence-electron chi connectivity index (χ4n) is 2.70. The number of nitrogens with one attached hydrogen (secondary N) is 1. The lowest BCUT2D eigenvalue weighted by molar-refractivity contribution is 0.0498. The van der Waals surface area contributed by atoms with E-state index >= 15 is 0 Å². The van der Waals surface area contributed by atoms with Crippen LogP contribution in [-0.2, 0) is 15.0 Å². The quantitative estimate of drug-likeness (QED) is 0.928. The molecule has 1 unspecified atom stereocenters. The van der Waals surface area contributed by atoms with Gasteiger partial charge in [0.2, 0.25) is 0 Å². The fourth-order valence-corrected chi connectivity index (χ4v) is 2.70. The fraction of sp³-hybridized carbons (Fsp3) is 0.750. The summed E-state index contributed by atoms with van der Waals surface area (Å²) in [4.78, 5) is 16.3. The van der Waals surface area contributed by atoms with E-state index in [4.69, 9.17) is 9.47 Å². The predicted molar refractivity (Wildman–Crippen MR) is 83.7 cm³/mol. The minimum Gasteiger partial charge on any atom is -0.444 e. The lowest BCUT2D eigenvalue weighted by Crippen LogP contribution is -2.38. The summed E-state index contributed by atoms with van der Waals surface area (Å²) in [6, 6.07) is -0.130. The van der Waals surface area contributed by atoms with Crippen LogP contribution in [0.5, 0.6) is 0 Å². The van der Waals surface area contributed by atoms with Crippen molar-refractivity contribution >= 4 is 6.09 Å². The van der Waals surface area contributed by atoms with E-state index in [0.29, 0.717) is 6.61 Å². The van der Waals surface area contributed by atoms with Crippen LogP contribution in [0.3, 0.4) is 0 Å². The summed E-state index contributed by atoms with van der Waals surface area (Å²) in [6.45, 7) is 11.2. The van der Waals surface area contributed by atoms with Crippen LogP contribution >= 0.6 is 0 Å². The van der Waals surface area contributed by atoms with Crippen molar-refractivity contribution in [3.8, 4) is 0 Å². The molecule has 0 bridgehead atoms. The highest BCUT2D eigenvalue weighted by atomic mass is 16.6. The maximum Gasteiger partial charge on any atom is 0.408 e. The Hall–Kier alpha value is -1.56. The smallest absolute Gasteiger partial charge is 0.408 e. The van der Waals surface area contributed by atoms with Gasteiger partial charge in [0.1, 0.15) is 5.60 Å². The van der Waals surface area contributed by atoms with Crippen molar-refractivity contribution in [1.82, 2.24) is 14.9 Å². The van der Waals surface area contributed by atoms with E-state index in [1.807, 2.05) is 40.2 Å². The van der Waals surface area contributed by atoms with Crippen LogP contribution < -0.4 is 5.32 Å². The number of rotatable bonds is 4. The number of nitrogens with zero attached hydrogens (tertiary/aromatic N) is 2. The molecule has 1 saturated heterocycles. The van der Waals surface area contributed by atoms with Crippen molar-refractivity contribution < 1.29 is 14.3 Å². The molecule has 0 aliphatic carbocycles. The van der Waals surface area contributed by atoms with Crippen LogP contribution in [0.2, 0.25) is 0 Å². The Morgan fingerprint density at radius 1 is 1.59 bits per heavy atom. The average Bonchev–Trinajstić information content (AvgIpc) is 3.03. The zero-order chi connectivity index (χ0) is 16.4. The van der Waals surface area contributed by atoms with E-state index in [2.05, 4.69) is 21.8 Å². The number of alkyl carbamates (subject to hydrolysis) is 1. The number of aromatic nitrogens is 2. The van der Waals surface area contributed by atoms with Gasteiger partial charge in [-0.05, 0) is 40.5 Å². The van der Waals surface area contributed by atoms with Crippen LogP contribution in [-0.4, -0.2) is 34.5 Å². The highest BCUT2D eigenvalue weighted by molar-refractivity contribution is 5.68. The van der Waals surface area contributed by atoms with Crippen LogP contribution in [0.25, 0.3) is 0 Å². The molecule has 0 saturated carbocycles. The van der Waals surface area contributed by atoms with E-state index in [0.717, 1.165) is 25.1 Å². The summed E-state index contributed by atoms with van der Waals surface area (Å²) in [5.74, 6) is 0. The van der Waals surface area contributed by atoms with Crippen LogP contribution in [0.4, 0.5) is 4.79 Å². The molecule has 1 fully saturated rings. The molecule has 0 spiro atoms. The first-order valence-electron chi connectivity index (χ1n) is 7.85. The van der Waals surface area contributed by atoms with Gasteiger partial charge in [0, 0.05) is 6.61 Å². The number of amides is 1. The Morgan fingerprint density at radius 3 is 2.86 bits per heavy atom. The number of ether oxygens (including phenoxy) is 2. The highest BCUT2D eigenvalue weighted by Gasteiger charge is 2.34. The van der Waals surface area contributed by atoms with E-state index in [1.165, 1.54) is 0 Å². The lowest BCUT2D eigenvalue weighted by Gasteiger charge is -2.29. The summed E-state index contributed by atoms with van der Waals surface area (Å²) in [7, 11) is 0. The SMILES string of the molecule is CC[C@@H](NC(=O)OC(C)(C)C)c1cncn1C1(C)CCOC1. The number of carbonyl (C=O) groups is 1. The molecule has 1 aliphatic heterocycles. The molecular weight excluding hydrogens is 282 g/mol. The molecule has 6 nitrogen and oxygen atoms in total. The Balaban J connectivity index is 2.15. The molecule has 0 aromatic carbocycles. The molecule has 2 rings (SSSR count). The minimum absolute atomic E-state index is 0.102. The van der Waals surface area contributed by atoms with Gasteiger partial charge < -0.3 is 19.4 Å². The summed E-state index contributed by atoms with van der Waals surface area (Å²) in [5.41, 5.74) is 0.379. The van der Waals surface area contributed by atoms with E-state index < -0.39 is 11.7 Å². The number of hydrogen-bond donors (Lipinski definition) is 1.